The van der Waals surface area contributed by atoms with Crippen molar-refractivity contribution in [3.05, 3.63) is 35.4 Å². The zero-order chi connectivity index (χ0) is 17.5. The molecule has 2 amide bonds. The van der Waals surface area contributed by atoms with Crippen molar-refractivity contribution < 1.29 is 9.59 Å². The van der Waals surface area contributed by atoms with Gasteiger partial charge in [0.05, 0.1) is 0 Å². The predicted molar refractivity (Wildman–Crippen MR) is 110 cm³/mol. The highest BCUT2D eigenvalue weighted by Gasteiger charge is 2.25. The number of piperidine rings is 1. The van der Waals surface area contributed by atoms with Crippen LogP contribution in [0.3, 0.4) is 0 Å². The summed E-state index contributed by atoms with van der Waals surface area (Å²) in [5.41, 5.74) is 2.48. The minimum Gasteiger partial charge on any atom is -0.354 e. The molecule has 1 aliphatic heterocycles. The lowest BCUT2D eigenvalue weighted by Gasteiger charge is -2.27. The van der Waals surface area contributed by atoms with Crippen LogP contribution >= 0.6 is 24.0 Å². The fourth-order valence-electron chi connectivity index (χ4n) is 2.83. The molecule has 0 atom stereocenters. The van der Waals surface area contributed by atoms with E-state index >= 15 is 0 Å². The van der Waals surface area contributed by atoms with E-state index in [2.05, 4.69) is 29.4 Å². The number of carbonyl (C=O) groups is 2. The van der Waals surface area contributed by atoms with Crippen molar-refractivity contribution in [1.82, 2.24) is 15.1 Å². The molecule has 0 bridgehead atoms. The highest BCUT2D eigenvalue weighted by molar-refractivity contribution is 14.0. The normalized spacial score (nSPS) is 15.0. The zero-order valence-electron chi connectivity index (χ0n) is 15.1. The number of halogens is 1. The van der Waals surface area contributed by atoms with Crippen LogP contribution in [0, 0.1) is 6.92 Å². The van der Waals surface area contributed by atoms with Gasteiger partial charge < -0.3 is 10.2 Å². The maximum atomic E-state index is 11.8. The van der Waals surface area contributed by atoms with E-state index in [1.165, 1.54) is 16.0 Å². The van der Waals surface area contributed by atoms with E-state index in [1.54, 1.807) is 7.05 Å². The average molecular weight is 458 g/mol. The summed E-state index contributed by atoms with van der Waals surface area (Å²) in [7, 11) is 3.70. The Bertz CT molecular complexity index is 617. The molecule has 1 aromatic carbocycles. The Morgan fingerprint density at radius 3 is 2.48 bits per heavy atom. The van der Waals surface area contributed by atoms with Crippen molar-refractivity contribution in [2.24, 2.45) is 4.99 Å². The molecule has 2 rings (SSSR count). The molecule has 0 saturated carbocycles. The fraction of sp³-hybridized carbons (Fsp3) is 0.500. The number of hydrogen-bond donors (Lipinski definition) is 1. The van der Waals surface area contributed by atoms with Crippen LogP contribution in [0.5, 0.6) is 0 Å². The van der Waals surface area contributed by atoms with Crippen LogP contribution in [0.25, 0.3) is 0 Å². The van der Waals surface area contributed by atoms with Gasteiger partial charge in [-0.2, -0.15) is 0 Å². The molecule has 6 nitrogen and oxygen atoms in total. The Morgan fingerprint density at radius 2 is 1.88 bits per heavy atom. The SMILES string of the molecule is CN=C(NCCN1C(=O)CCCC1=O)N(C)Cc1ccccc1C.I. The third-order valence-electron chi connectivity index (χ3n) is 4.24. The number of nitrogens with zero attached hydrogens (tertiary/aromatic N) is 3. The van der Waals surface area contributed by atoms with E-state index in [0.717, 1.165) is 12.5 Å². The Balaban J connectivity index is 0.00000312. The molecule has 1 N–H and O–H groups in total. The van der Waals surface area contributed by atoms with Crippen molar-refractivity contribution in [3.8, 4) is 0 Å². The first-order chi connectivity index (χ1) is 11.5. The molecule has 0 unspecified atom stereocenters. The summed E-state index contributed by atoms with van der Waals surface area (Å²) in [5, 5.41) is 3.23. The van der Waals surface area contributed by atoms with E-state index in [9.17, 15) is 9.59 Å². The maximum Gasteiger partial charge on any atom is 0.229 e. The summed E-state index contributed by atoms with van der Waals surface area (Å²) >= 11 is 0. The van der Waals surface area contributed by atoms with E-state index < -0.39 is 0 Å². The van der Waals surface area contributed by atoms with Crippen LogP contribution in [0.15, 0.2) is 29.3 Å². The molecule has 0 aromatic heterocycles. The van der Waals surface area contributed by atoms with Crippen molar-refractivity contribution >= 4 is 41.8 Å². The molecule has 25 heavy (non-hydrogen) atoms. The van der Waals surface area contributed by atoms with Crippen LogP contribution < -0.4 is 5.32 Å². The number of aryl methyl sites for hydroxylation is 1. The third kappa shape index (κ3) is 5.98. The number of likely N-dealkylation sites (tertiary alicyclic amines) is 1. The lowest BCUT2D eigenvalue weighted by molar-refractivity contribution is -0.147. The summed E-state index contributed by atoms with van der Waals surface area (Å²) in [6.45, 7) is 3.72. The summed E-state index contributed by atoms with van der Waals surface area (Å²) < 4.78 is 0. The lowest BCUT2D eigenvalue weighted by Crippen LogP contribution is -2.46. The first kappa shape index (κ1) is 21.4. The molecule has 1 aromatic rings. The zero-order valence-corrected chi connectivity index (χ0v) is 17.4. The van der Waals surface area contributed by atoms with Crippen LogP contribution in [0.2, 0.25) is 0 Å². The molecule has 1 fully saturated rings. The second-order valence-electron chi connectivity index (χ2n) is 6.05. The number of imide groups is 1. The Kier molecular flexibility index (Phi) is 8.88. The Hall–Kier alpha value is -1.64. The van der Waals surface area contributed by atoms with Gasteiger partial charge in [0.25, 0.3) is 0 Å². The van der Waals surface area contributed by atoms with Gasteiger partial charge in [-0.15, -0.1) is 24.0 Å². The van der Waals surface area contributed by atoms with E-state index in [-0.39, 0.29) is 35.8 Å². The number of amides is 2. The number of aliphatic imine (C=N–C) groups is 1. The van der Waals surface area contributed by atoms with Crippen molar-refractivity contribution in [2.75, 3.05) is 27.2 Å². The van der Waals surface area contributed by atoms with Crippen molar-refractivity contribution in [3.63, 3.8) is 0 Å². The lowest BCUT2D eigenvalue weighted by atomic mass is 10.1. The third-order valence-corrected chi connectivity index (χ3v) is 4.24. The van der Waals surface area contributed by atoms with Crippen LogP contribution in [-0.4, -0.2) is 54.8 Å². The average Bonchev–Trinajstić information content (AvgIpc) is 2.56. The molecule has 7 heteroatoms. The topological polar surface area (TPSA) is 65.0 Å². The molecule has 1 saturated heterocycles. The Labute approximate surface area is 166 Å². The number of guanidine groups is 1. The molecule has 0 aliphatic carbocycles. The first-order valence-electron chi connectivity index (χ1n) is 8.32. The predicted octanol–water partition coefficient (Wildman–Crippen LogP) is 2.16. The molecule has 1 heterocycles. The fourth-order valence-corrected chi connectivity index (χ4v) is 2.83. The standard InChI is InChI=1S/C18H26N4O2.HI/c1-14-7-4-5-8-15(14)13-21(3)18(19-2)20-11-12-22-16(23)9-6-10-17(22)24;/h4-5,7-8H,6,9-13H2,1-3H3,(H,19,20);1H. The van der Waals surface area contributed by atoms with E-state index in [4.69, 9.17) is 0 Å². The van der Waals surface area contributed by atoms with Crippen molar-refractivity contribution in [2.45, 2.75) is 32.7 Å². The largest absolute Gasteiger partial charge is 0.354 e. The number of benzene rings is 1. The smallest absolute Gasteiger partial charge is 0.229 e. The molecular formula is C18H27IN4O2. The molecule has 1 aliphatic rings. The van der Waals surface area contributed by atoms with Gasteiger partial charge in [0.15, 0.2) is 5.96 Å². The molecular weight excluding hydrogens is 431 g/mol. The van der Waals surface area contributed by atoms with Crippen LogP contribution in [0.4, 0.5) is 0 Å². The molecule has 0 radical (unpaired) electrons. The number of nitrogens with one attached hydrogen (secondary N) is 1. The monoisotopic (exact) mass is 458 g/mol. The van der Waals surface area contributed by atoms with E-state index in [1.807, 2.05) is 24.1 Å². The number of rotatable bonds is 5. The summed E-state index contributed by atoms with van der Waals surface area (Å²) in [6.07, 6.45) is 1.60. The second-order valence-corrected chi connectivity index (χ2v) is 6.05. The first-order valence-corrected chi connectivity index (χ1v) is 8.32. The quantitative estimate of drug-likeness (QED) is 0.318. The number of hydrogen-bond acceptors (Lipinski definition) is 3. The van der Waals surface area contributed by atoms with Gasteiger partial charge in [0.1, 0.15) is 0 Å². The minimum absolute atomic E-state index is 0. The van der Waals surface area contributed by atoms with Gasteiger partial charge in [0, 0.05) is 46.6 Å². The maximum absolute atomic E-state index is 11.8. The van der Waals surface area contributed by atoms with Gasteiger partial charge in [0.2, 0.25) is 11.8 Å². The highest BCUT2D eigenvalue weighted by Crippen LogP contribution is 2.11. The van der Waals surface area contributed by atoms with Crippen LogP contribution in [0.1, 0.15) is 30.4 Å². The minimum atomic E-state index is -0.0729. The van der Waals surface area contributed by atoms with Crippen molar-refractivity contribution in [1.29, 1.82) is 0 Å². The van der Waals surface area contributed by atoms with Gasteiger partial charge in [-0.3, -0.25) is 19.5 Å². The highest BCUT2D eigenvalue weighted by atomic mass is 127. The summed E-state index contributed by atoms with van der Waals surface area (Å²) in [6, 6.07) is 8.25. The van der Waals surface area contributed by atoms with Crippen LogP contribution in [-0.2, 0) is 16.1 Å². The number of carbonyl (C=O) groups excluding carboxylic acids is 2. The Morgan fingerprint density at radius 1 is 1.24 bits per heavy atom. The van der Waals surface area contributed by atoms with Gasteiger partial charge in [-0.05, 0) is 24.5 Å². The second kappa shape index (κ2) is 10.4. The van der Waals surface area contributed by atoms with Gasteiger partial charge in [-0.1, -0.05) is 24.3 Å². The van der Waals surface area contributed by atoms with Gasteiger partial charge in [-0.25, -0.2) is 0 Å². The summed E-state index contributed by atoms with van der Waals surface area (Å²) in [5.74, 6) is 0.600. The molecule has 138 valence electrons. The van der Waals surface area contributed by atoms with E-state index in [0.29, 0.717) is 32.4 Å². The van der Waals surface area contributed by atoms with Gasteiger partial charge >= 0.3 is 0 Å². The summed E-state index contributed by atoms with van der Waals surface area (Å²) in [4.78, 5) is 31.3. The molecule has 0 spiro atoms.